The predicted molar refractivity (Wildman–Crippen MR) is 43.9 cm³/mol. The molecule has 0 aliphatic carbocycles. The lowest BCUT2D eigenvalue weighted by molar-refractivity contribution is -0.126. The summed E-state index contributed by atoms with van der Waals surface area (Å²) in [5.74, 6) is -1.48. The van der Waals surface area contributed by atoms with Crippen LogP contribution in [0.25, 0.3) is 0 Å². The second-order valence-electron chi connectivity index (χ2n) is 2.12. The number of pyridine rings is 1. The van der Waals surface area contributed by atoms with Gasteiger partial charge < -0.3 is 5.32 Å². The van der Waals surface area contributed by atoms with Crippen molar-refractivity contribution in [1.29, 1.82) is 0 Å². The highest BCUT2D eigenvalue weighted by molar-refractivity contribution is 6.33. The molecule has 0 bridgehead atoms. The zero-order valence-corrected chi connectivity index (χ0v) is 7.05. The molecule has 0 saturated carbocycles. The third kappa shape index (κ3) is 2.62. The molecular weight excluding hydrogens is 202 g/mol. The Kier molecular flexibility index (Phi) is 3.13. The average Bonchev–Trinajstić information content (AvgIpc) is 2.08. The molecule has 1 N–H and O–H groups in total. The molecule has 0 saturated heterocycles. The monoisotopic (exact) mass is 206 g/mol. The van der Waals surface area contributed by atoms with E-state index in [2.05, 4.69) is 4.98 Å². The van der Waals surface area contributed by atoms with E-state index in [1.807, 2.05) is 5.32 Å². The van der Waals surface area contributed by atoms with Crippen LogP contribution in [0.4, 0.5) is 14.6 Å². The van der Waals surface area contributed by atoms with Gasteiger partial charge in [-0.15, -0.1) is 0 Å². The molecule has 70 valence electrons. The van der Waals surface area contributed by atoms with Gasteiger partial charge in [0.2, 0.25) is 0 Å². The van der Waals surface area contributed by atoms with E-state index in [1.165, 1.54) is 18.3 Å². The lowest BCUT2D eigenvalue weighted by atomic mass is 10.4. The molecule has 0 fully saturated rings. The first-order valence-electron chi connectivity index (χ1n) is 3.31. The van der Waals surface area contributed by atoms with E-state index >= 15 is 0 Å². The van der Waals surface area contributed by atoms with Crippen LogP contribution < -0.4 is 5.32 Å². The fourth-order valence-electron chi connectivity index (χ4n) is 0.649. The summed E-state index contributed by atoms with van der Waals surface area (Å²) in [7, 11) is 0. The van der Waals surface area contributed by atoms with E-state index in [0.717, 1.165) is 0 Å². The number of rotatable bonds is 2. The molecule has 0 atom stereocenters. The van der Waals surface area contributed by atoms with Crippen LogP contribution in [0.3, 0.4) is 0 Å². The maximum atomic E-state index is 11.8. The van der Waals surface area contributed by atoms with Gasteiger partial charge in [-0.05, 0) is 12.1 Å². The molecule has 1 rings (SSSR count). The van der Waals surface area contributed by atoms with E-state index in [-0.39, 0.29) is 10.8 Å². The lowest BCUT2D eigenvalue weighted by Gasteiger charge is -2.03. The summed E-state index contributed by atoms with van der Waals surface area (Å²) in [4.78, 5) is 14.1. The highest BCUT2D eigenvalue weighted by Crippen LogP contribution is 2.17. The number of aromatic nitrogens is 1. The van der Waals surface area contributed by atoms with Gasteiger partial charge in [-0.1, -0.05) is 11.6 Å². The van der Waals surface area contributed by atoms with Crippen molar-refractivity contribution < 1.29 is 13.6 Å². The number of halogens is 3. The van der Waals surface area contributed by atoms with Crippen LogP contribution in [0.15, 0.2) is 18.3 Å². The van der Waals surface area contributed by atoms with Gasteiger partial charge in [0.05, 0.1) is 5.02 Å². The number of alkyl halides is 2. The number of anilines is 1. The van der Waals surface area contributed by atoms with E-state index in [9.17, 15) is 13.6 Å². The van der Waals surface area contributed by atoms with Crippen LogP contribution in [-0.4, -0.2) is 17.3 Å². The Labute approximate surface area is 77.7 Å². The topological polar surface area (TPSA) is 42.0 Å². The summed E-state index contributed by atoms with van der Waals surface area (Å²) in [6, 6.07) is 2.97. The van der Waals surface area contributed by atoms with Crippen LogP contribution in [0.1, 0.15) is 0 Å². The van der Waals surface area contributed by atoms with E-state index in [1.54, 1.807) is 0 Å². The van der Waals surface area contributed by atoms with Gasteiger partial charge in [-0.25, -0.2) is 4.98 Å². The maximum Gasteiger partial charge on any atom is 0.315 e. The Balaban J connectivity index is 2.75. The number of amides is 1. The summed E-state index contributed by atoms with van der Waals surface area (Å²) in [5, 5.41) is 2.00. The molecule has 0 unspecified atom stereocenters. The second kappa shape index (κ2) is 4.13. The first-order valence-corrected chi connectivity index (χ1v) is 3.68. The Morgan fingerprint density at radius 1 is 1.62 bits per heavy atom. The summed E-state index contributed by atoms with van der Waals surface area (Å²) < 4.78 is 23.5. The number of hydrogen-bond donors (Lipinski definition) is 1. The van der Waals surface area contributed by atoms with E-state index in [4.69, 9.17) is 11.6 Å². The quantitative estimate of drug-likeness (QED) is 0.804. The molecule has 0 spiro atoms. The largest absolute Gasteiger partial charge is 0.315 e. The first-order chi connectivity index (χ1) is 6.11. The third-order valence-electron chi connectivity index (χ3n) is 1.20. The Morgan fingerprint density at radius 3 is 2.85 bits per heavy atom. The number of carbonyl (C=O) groups is 1. The summed E-state index contributed by atoms with van der Waals surface area (Å²) >= 11 is 5.55. The van der Waals surface area contributed by atoms with Crippen LogP contribution in [0, 0.1) is 0 Å². The number of hydrogen-bond acceptors (Lipinski definition) is 2. The van der Waals surface area contributed by atoms with E-state index < -0.39 is 12.3 Å². The summed E-state index contributed by atoms with van der Waals surface area (Å²) in [6.45, 7) is 0. The van der Waals surface area contributed by atoms with Crippen molar-refractivity contribution in [2.24, 2.45) is 0 Å². The first kappa shape index (κ1) is 9.85. The zero-order valence-electron chi connectivity index (χ0n) is 6.30. The standard InChI is InChI=1S/C7H5ClF2N2O/c8-4-2-1-3-11-6(4)12-7(13)5(9)10/h1-3,5H,(H,11,12,13). The maximum absolute atomic E-state index is 11.8. The van der Waals surface area contributed by atoms with Gasteiger partial charge in [-0.2, -0.15) is 8.78 Å². The highest BCUT2D eigenvalue weighted by atomic mass is 35.5. The molecule has 6 heteroatoms. The van der Waals surface area contributed by atoms with Crippen LogP contribution >= 0.6 is 11.6 Å². The Hall–Kier alpha value is -1.23. The second-order valence-corrected chi connectivity index (χ2v) is 2.53. The molecule has 0 radical (unpaired) electrons. The van der Waals surface area contributed by atoms with Crippen molar-refractivity contribution >= 4 is 23.3 Å². The number of nitrogens with one attached hydrogen (secondary N) is 1. The van der Waals surface area contributed by atoms with Gasteiger partial charge in [0, 0.05) is 6.20 Å². The van der Waals surface area contributed by atoms with Crippen LogP contribution in [0.5, 0.6) is 0 Å². The van der Waals surface area contributed by atoms with Crippen molar-refractivity contribution in [2.45, 2.75) is 6.43 Å². The van der Waals surface area contributed by atoms with Crippen LogP contribution in [0.2, 0.25) is 5.02 Å². The van der Waals surface area contributed by atoms with Crippen molar-refractivity contribution in [3.05, 3.63) is 23.4 Å². The van der Waals surface area contributed by atoms with E-state index in [0.29, 0.717) is 0 Å². The number of nitrogens with zero attached hydrogens (tertiary/aromatic N) is 1. The molecule has 0 aliphatic rings. The summed E-state index contributed by atoms with van der Waals surface area (Å²) in [5.41, 5.74) is 0. The minimum absolute atomic E-state index is 0.0607. The van der Waals surface area contributed by atoms with Gasteiger partial charge in [0.25, 0.3) is 5.91 Å². The minimum Gasteiger partial charge on any atom is -0.304 e. The molecule has 1 aromatic rings. The summed E-state index contributed by atoms with van der Waals surface area (Å²) in [6.07, 6.45) is -1.73. The molecule has 1 aromatic heterocycles. The van der Waals surface area contributed by atoms with Crippen molar-refractivity contribution in [1.82, 2.24) is 4.98 Å². The van der Waals surface area contributed by atoms with Gasteiger partial charge in [0.15, 0.2) is 5.82 Å². The van der Waals surface area contributed by atoms with Gasteiger partial charge in [-0.3, -0.25) is 4.79 Å². The zero-order chi connectivity index (χ0) is 9.84. The molecular formula is C7H5ClF2N2O. The third-order valence-corrected chi connectivity index (χ3v) is 1.50. The van der Waals surface area contributed by atoms with Gasteiger partial charge in [0.1, 0.15) is 0 Å². The normalized spacial score (nSPS) is 10.2. The molecule has 1 amide bonds. The fraction of sp³-hybridized carbons (Fsp3) is 0.143. The molecule has 13 heavy (non-hydrogen) atoms. The number of carbonyl (C=O) groups excluding carboxylic acids is 1. The SMILES string of the molecule is O=C(Nc1ncccc1Cl)C(F)F. The highest BCUT2D eigenvalue weighted by Gasteiger charge is 2.16. The Morgan fingerprint density at radius 2 is 2.31 bits per heavy atom. The van der Waals surface area contributed by atoms with Crippen LogP contribution in [-0.2, 0) is 4.79 Å². The Bertz CT molecular complexity index is 319. The minimum atomic E-state index is -3.07. The predicted octanol–water partition coefficient (Wildman–Crippen LogP) is 1.94. The smallest absolute Gasteiger partial charge is 0.304 e. The molecule has 1 heterocycles. The fourth-order valence-corrected chi connectivity index (χ4v) is 0.818. The lowest BCUT2D eigenvalue weighted by Crippen LogP contribution is -2.20. The van der Waals surface area contributed by atoms with Gasteiger partial charge >= 0.3 is 6.43 Å². The molecule has 0 aliphatic heterocycles. The van der Waals surface area contributed by atoms with Crippen molar-refractivity contribution in [3.8, 4) is 0 Å². The van der Waals surface area contributed by atoms with Crippen molar-refractivity contribution in [3.63, 3.8) is 0 Å². The van der Waals surface area contributed by atoms with Crippen molar-refractivity contribution in [2.75, 3.05) is 5.32 Å². The molecule has 3 nitrogen and oxygen atoms in total. The average molecular weight is 207 g/mol. The molecule has 0 aromatic carbocycles.